The van der Waals surface area contributed by atoms with Crippen molar-refractivity contribution in [2.45, 2.75) is 43.6 Å². The van der Waals surface area contributed by atoms with Crippen molar-refractivity contribution in [1.29, 1.82) is 0 Å². The van der Waals surface area contributed by atoms with Crippen LogP contribution in [0.4, 0.5) is 13.9 Å². The predicted octanol–water partition coefficient (Wildman–Crippen LogP) is 5.15. The minimum atomic E-state index is -4.01. The van der Waals surface area contributed by atoms with E-state index in [1.807, 2.05) is 19.1 Å². The average Bonchev–Trinajstić information content (AvgIpc) is 3.56. The number of sulfonamides is 1. The molecule has 12 heteroatoms. The third kappa shape index (κ3) is 5.24. The number of aryl methyl sites for hydroxylation is 1. The Morgan fingerprint density at radius 2 is 1.95 bits per heavy atom. The van der Waals surface area contributed by atoms with E-state index in [0.29, 0.717) is 42.2 Å². The molecular weight excluding hydrogens is 544 g/mol. The summed E-state index contributed by atoms with van der Waals surface area (Å²) in [5.74, 6) is -2.86. The van der Waals surface area contributed by atoms with Crippen LogP contribution in [-0.2, 0) is 19.6 Å². The van der Waals surface area contributed by atoms with Gasteiger partial charge >= 0.3 is 0 Å². The Morgan fingerprint density at radius 3 is 2.62 bits per heavy atom. The normalized spacial score (nSPS) is 19.5. The van der Waals surface area contributed by atoms with Crippen LogP contribution >= 0.6 is 22.9 Å². The number of hydrogen-bond donors (Lipinski definition) is 0. The molecule has 0 spiro atoms. The molecular formula is C25H26ClF2N3O4S2. The summed E-state index contributed by atoms with van der Waals surface area (Å²) in [6.07, 6.45) is 2.31. The number of benzene rings is 2. The summed E-state index contributed by atoms with van der Waals surface area (Å²) in [4.78, 5) is 19.9. The van der Waals surface area contributed by atoms with Gasteiger partial charge in [-0.1, -0.05) is 22.9 Å². The standard InChI is InChI=1S/C25H26ClF2N3O4S2/c1-15-19(26)5-7-22-23(15)29-25(36-22)31(14-17-3-2-12-35-17)24(32)16-8-10-30(11-9-16)37(33,34)18-4-6-20(27)21(28)13-18/h4-7,13,16-17H,2-3,8-12,14H2,1H3. The lowest BCUT2D eigenvalue weighted by atomic mass is 9.96. The van der Waals surface area contributed by atoms with Crippen molar-refractivity contribution in [3.8, 4) is 0 Å². The molecule has 7 nitrogen and oxygen atoms in total. The molecule has 198 valence electrons. The minimum Gasteiger partial charge on any atom is -0.376 e. The first-order valence-electron chi connectivity index (χ1n) is 12.1. The summed E-state index contributed by atoms with van der Waals surface area (Å²) in [6.45, 7) is 3.12. The maximum absolute atomic E-state index is 13.8. The zero-order valence-corrected chi connectivity index (χ0v) is 22.5. The molecule has 0 aliphatic carbocycles. The van der Waals surface area contributed by atoms with Crippen molar-refractivity contribution >= 4 is 54.2 Å². The van der Waals surface area contributed by atoms with Crippen LogP contribution in [0.1, 0.15) is 31.2 Å². The number of halogens is 3. The molecule has 1 aromatic heterocycles. The average molecular weight is 570 g/mol. The summed E-state index contributed by atoms with van der Waals surface area (Å²) in [7, 11) is -4.01. The number of rotatable bonds is 6. The zero-order chi connectivity index (χ0) is 26.3. The highest BCUT2D eigenvalue weighted by Crippen LogP contribution is 2.36. The second-order valence-electron chi connectivity index (χ2n) is 9.35. The Labute approximate surface area is 223 Å². The summed E-state index contributed by atoms with van der Waals surface area (Å²) in [5, 5.41) is 1.17. The van der Waals surface area contributed by atoms with Gasteiger partial charge in [-0.25, -0.2) is 22.2 Å². The van der Waals surface area contributed by atoms with Crippen molar-refractivity contribution in [2.75, 3.05) is 31.1 Å². The Bertz CT molecular complexity index is 1440. The minimum absolute atomic E-state index is 0.0884. The Hall–Kier alpha value is -2.18. The summed E-state index contributed by atoms with van der Waals surface area (Å²) in [6, 6.07) is 6.25. The van der Waals surface area contributed by atoms with Crippen molar-refractivity contribution < 1.29 is 26.7 Å². The Morgan fingerprint density at radius 1 is 1.19 bits per heavy atom. The molecule has 0 N–H and O–H groups in total. The molecule has 2 saturated heterocycles. The Balaban J connectivity index is 1.35. The lowest BCUT2D eigenvalue weighted by molar-refractivity contribution is -0.123. The SMILES string of the molecule is Cc1c(Cl)ccc2sc(N(CC3CCCO3)C(=O)C3CCN(S(=O)(=O)c4ccc(F)c(F)c4)CC3)nc12. The molecule has 0 radical (unpaired) electrons. The van der Waals surface area contributed by atoms with E-state index < -0.39 is 27.6 Å². The number of ether oxygens (including phenoxy) is 1. The van der Waals surface area contributed by atoms with E-state index in [1.54, 1.807) is 4.90 Å². The highest BCUT2D eigenvalue weighted by Gasteiger charge is 2.36. The van der Waals surface area contributed by atoms with Crippen LogP contribution in [0.25, 0.3) is 10.2 Å². The van der Waals surface area contributed by atoms with Crippen LogP contribution in [0.15, 0.2) is 35.2 Å². The van der Waals surface area contributed by atoms with Crippen LogP contribution in [0.5, 0.6) is 0 Å². The second kappa shape index (κ2) is 10.5. The molecule has 3 heterocycles. The molecule has 3 aromatic rings. The van der Waals surface area contributed by atoms with Gasteiger partial charge in [0.25, 0.3) is 0 Å². The first-order chi connectivity index (χ1) is 17.6. The molecule has 0 bridgehead atoms. The molecule has 1 atom stereocenters. The van der Waals surface area contributed by atoms with Crippen LogP contribution in [0, 0.1) is 24.5 Å². The fourth-order valence-corrected chi connectivity index (χ4v) is 7.48. The molecule has 37 heavy (non-hydrogen) atoms. The van der Waals surface area contributed by atoms with Gasteiger partial charge in [-0.15, -0.1) is 0 Å². The van der Waals surface area contributed by atoms with Gasteiger partial charge in [0.15, 0.2) is 16.8 Å². The number of amides is 1. The third-order valence-corrected chi connectivity index (χ3v) is 10.3. The monoisotopic (exact) mass is 569 g/mol. The van der Waals surface area contributed by atoms with Gasteiger partial charge in [-0.2, -0.15) is 4.31 Å². The molecule has 2 aliphatic heterocycles. The number of carbonyl (C=O) groups is 1. The Kier molecular flexibility index (Phi) is 7.52. The summed E-state index contributed by atoms with van der Waals surface area (Å²) >= 11 is 7.70. The highest BCUT2D eigenvalue weighted by molar-refractivity contribution is 7.89. The van der Waals surface area contributed by atoms with Crippen molar-refractivity contribution in [1.82, 2.24) is 9.29 Å². The first kappa shape index (κ1) is 26.4. The quantitative estimate of drug-likeness (QED) is 0.410. The molecule has 1 unspecified atom stereocenters. The number of fused-ring (bicyclic) bond motifs is 1. The summed E-state index contributed by atoms with van der Waals surface area (Å²) in [5.41, 5.74) is 1.60. The summed E-state index contributed by atoms with van der Waals surface area (Å²) < 4.78 is 60.9. The van der Waals surface area contributed by atoms with Gasteiger partial charge in [-0.3, -0.25) is 9.69 Å². The smallest absolute Gasteiger partial charge is 0.243 e. The lowest BCUT2D eigenvalue weighted by Gasteiger charge is -2.33. The van der Waals surface area contributed by atoms with Crippen LogP contribution in [0.2, 0.25) is 5.02 Å². The van der Waals surface area contributed by atoms with E-state index in [-0.39, 0.29) is 30.0 Å². The number of aromatic nitrogens is 1. The number of thiazole rings is 1. The number of carbonyl (C=O) groups excluding carboxylic acids is 1. The fourth-order valence-electron chi connectivity index (χ4n) is 4.81. The van der Waals surface area contributed by atoms with E-state index in [0.717, 1.165) is 40.8 Å². The molecule has 5 rings (SSSR count). The van der Waals surface area contributed by atoms with E-state index in [1.165, 1.54) is 15.6 Å². The van der Waals surface area contributed by atoms with E-state index >= 15 is 0 Å². The molecule has 2 aliphatic rings. The van der Waals surface area contributed by atoms with Crippen LogP contribution < -0.4 is 4.90 Å². The van der Waals surface area contributed by atoms with Crippen LogP contribution in [-0.4, -0.2) is 56.0 Å². The maximum Gasteiger partial charge on any atom is 0.243 e. The van der Waals surface area contributed by atoms with Gasteiger partial charge in [0.1, 0.15) is 0 Å². The predicted molar refractivity (Wildman–Crippen MR) is 139 cm³/mol. The largest absolute Gasteiger partial charge is 0.376 e. The number of piperidine rings is 1. The maximum atomic E-state index is 13.8. The van der Waals surface area contributed by atoms with Gasteiger partial charge in [0.2, 0.25) is 15.9 Å². The van der Waals surface area contributed by atoms with Gasteiger partial charge in [0.05, 0.1) is 27.8 Å². The lowest BCUT2D eigenvalue weighted by Crippen LogP contribution is -2.46. The molecule has 2 fully saturated rings. The molecule has 1 amide bonds. The zero-order valence-electron chi connectivity index (χ0n) is 20.1. The first-order valence-corrected chi connectivity index (χ1v) is 14.7. The molecule has 2 aromatic carbocycles. The second-order valence-corrected chi connectivity index (χ2v) is 12.7. The number of nitrogens with zero attached hydrogens (tertiary/aromatic N) is 3. The number of hydrogen-bond acceptors (Lipinski definition) is 6. The van der Waals surface area contributed by atoms with Crippen molar-refractivity contribution in [3.05, 3.63) is 52.6 Å². The van der Waals surface area contributed by atoms with Crippen molar-refractivity contribution in [2.24, 2.45) is 5.92 Å². The highest BCUT2D eigenvalue weighted by atomic mass is 35.5. The number of anilines is 1. The third-order valence-electron chi connectivity index (χ3n) is 6.98. The fraction of sp³-hybridized carbons (Fsp3) is 0.440. The topological polar surface area (TPSA) is 79.8 Å². The van der Waals surface area contributed by atoms with Gasteiger partial charge < -0.3 is 4.74 Å². The van der Waals surface area contributed by atoms with Gasteiger partial charge in [0, 0.05) is 30.6 Å². The van der Waals surface area contributed by atoms with Crippen LogP contribution in [0.3, 0.4) is 0 Å². The van der Waals surface area contributed by atoms with Gasteiger partial charge in [-0.05, 0) is 68.5 Å². The van der Waals surface area contributed by atoms with E-state index in [9.17, 15) is 22.0 Å². The molecule has 0 saturated carbocycles. The van der Waals surface area contributed by atoms with Crippen molar-refractivity contribution in [3.63, 3.8) is 0 Å². The van der Waals surface area contributed by atoms with E-state index in [4.69, 9.17) is 21.3 Å². The van der Waals surface area contributed by atoms with E-state index in [2.05, 4.69) is 0 Å².